The highest BCUT2D eigenvalue weighted by molar-refractivity contribution is 7.13. The van der Waals surface area contributed by atoms with Crippen LogP contribution in [0.3, 0.4) is 0 Å². The minimum atomic E-state index is 0.359. The molecule has 24 heavy (non-hydrogen) atoms. The van der Waals surface area contributed by atoms with Gasteiger partial charge in [0.05, 0.1) is 17.6 Å². The Kier molecular flexibility index (Phi) is 6.58. The van der Waals surface area contributed by atoms with E-state index in [1.54, 1.807) is 18.3 Å². The zero-order chi connectivity index (χ0) is 17.5. The van der Waals surface area contributed by atoms with Gasteiger partial charge in [0.2, 0.25) is 0 Å². The summed E-state index contributed by atoms with van der Waals surface area (Å²) in [7, 11) is 0. The Morgan fingerprint density at radius 3 is 2.88 bits per heavy atom. The summed E-state index contributed by atoms with van der Waals surface area (Å²) in [4.78, 5) is 8.62. The van der Waals surface area contributed by atoms with Crippen molar-refractivity contribution in [2.24, 2.45) is 11.7 Å². The fourth-order valence-electron chi connectivity index (χ4n) is 1.88. The number of allylic oxidation sites excluding steroid dienone is 5. The largest absolute Gasteiger partial charge is 0.402 e. The number of nitrogens with zero attached hydrogens (tertiary/aromatic N) is 2. The molecule has 0 aromatic carbocycles. The summed E-state index contributed by atoms with van der Waals surface area (Å²) in [6, 6.07) is 3.59. The lowest BCUT2D eigenvalue weighted by Crippen LogP contribution is -2.06. The van der Waals surface area contributed by atoms with Gasteiger partial charge in [-0.2, -0.15) is 0 Å². The van der Waals surface area contributed by atoms with Crippen LogP contribution < -0.4 is 11.1 Å². The number of aromatic nitrogens is 2. The molecule has 3 N–H and O–H groups in total. The van der Waals surface area contributed by atoms with E-state index in [4.69, 9.17) is 17.3 Å². The molecule has 0 aliphatic carbocycles. The first-order chi connectivity index (χ1) is 11.5. The molecular weight excluding hydrogens is 340 g/mol. The molecule has 2 heterocycles. The Balaban J connectivity index is 2.15. The van der Waals surface area contributed by atoms with E-state index in [9.17, 15) is 0 Å². The summed E-state index contributed by atoms with van der Waals surface area (Å²) >= 11 is 7.30. The van der Waals surface area contributed by atoms with E-state index < -0.39 is 0 Å². The normalized spacial score (nSPS) is 13.6. The van der Waals surface area contributed by atoms with Crippen LogP contribution in [0.1, 0.15) is 26.0 Å². The molecule has 0 aliphatic heterocycles. The van der Waals surface area contributed by atoms with Crippen LogP contribution in [0.15, 0.2) is 54.2 Å². The lowest BCUT2D eigenvalue weighted by atomic mass is 10.0. The average Bonchev–Trinajstić information content (AvgIpc) is 3.05. The Morgan fingerprint density at radius 1 is 1.46 bits per heavy atom. The highest BCUT2D eigenvalue weighted by Crippen LogP contribution is 2.25. The van der Waals surface area contributed by atoms with Crippen LogP contribution in [0.25, 0.3) is 5.57 Å². The van der Waals surface area contributed by atoms with Gasteiger partial charge in [-0.1, -0.05) is 44.2 Å². The number of anilines is 2. The van der Waals surface area contributed by atoms with E-state index in [-0.39, 0.29) is 0 Å². The van der Waals surface area contributed by atoms with E-state index in [0.29, 0.717) is 11.1 Å². The van der Waals surface area contributed by atoms with E-state index >= 15 is 0 Å². The molecule has 2 rings (SSSR count). The smallest absolute Gasteiger partial charge is 0.187 e. The van der Waals surface area contributed by atoms with Gasteiger partial charge in [-0.3, -0.25) is 0 Å². The monoisotopic (exact) mass is 360 g/mol. The molecule has 0 spiro atoms. The molecule has 0 saturated carbocycles. The lowest BCUT2D eigenvalue weighted by molar-refractivity contribution is 0.648. The Hall–Kier alpha value is -2.11. The molecule has 0 saturated heterocycles. The van der Waals surface area contributed by atoms with E-state index in [0.717, 1.165) is 34.2 Å². The third-order valence-electron chi connectivity index (χ3n) is 3.64. The first-order valence-corrected chi connectivity index (χ1v) is 8.93. The Bertz CT molecular complexity index is 747. The maximum absolute atomic E-state index is 6.06. The summed E-state index contributed by atoms with van der Waals surface area (Å²) in [5.74, 6) is 0.359. The lowest BCUT2D eigenvalue weighted by Gasteiger charge is -2.07. The number of pyridine rings is 1. The number of hydrogen-bond acceptors (Lipinski definition) is 5. The van der Waals surface area contributed by atoms with Gasteiger partial charge in [0, 0.05) is 16.7 Å². The molecule has 2 aromatic rings. The van der Waals surface area contributed by atoms with Crippen molar-refractivity contribution in [2.75, 3.05) is 5.32 Å². The first-order valence-electron chi connectivity index (χ1n) is 7.67. The van der Waals surface area contributed by atoms with Gasteiger partial charge in [0.25, 0.3) is 0 Å². The van der Waals surface area contributed by atoms with Gasteiger partial charge in [-0.15, -0.1) is 11.3 Å². The zero-order valence-corrected chi connectivity index (χ0v) is 15.4. The van der Waals surface area contributed by atoms with Gasteiger partial charge >= 0.3 is 0 Å². The summed E-state index contributed by atoms with van der Waals surface area (Å²) in [5.41, 5.74) is 9.54. The van der Waals surface area contributed by atoms with Crippen molar-refractivity contribution in [3.05, 3.63) is 65.1 Å². The highest BCUT2D eigenvalue weighted by atomic mass is 35.5. The SMILES string of the molecule is C=C/C(=C\C=C(\N)C(C)CC)c1csc(Nc2ccc(Cl)nc2)n1. The third kappa shape index (κ3) is 4.94. The fourth-order valence-corrected chi connectivity index (χ4v) is 2.73. The summed E-state index contributed by atoms with van der Waals surface area (Å²) in [6.07, 6.45) is 8.35. The predicted octanol–water partition coefficient (Wildman–Crippen LogP) is 5.39. The number of hydrogen-bond donors (Lipinski definition) is 2. The molecule has 0 amide bonds. The van der Waals surface area contributed by atoms with Crippen molar-refractivity contribution < 1.29 is 0 Å². The maximum atomic E-state index is 6.06. The average molecular weight is 361 g/mol. The van der Waals surface area contributed by atoms with Gasteiger partial charge in [-0.25, -0.2) is 9.97 Å². The van der Waals surface area contributed by atoms with Crippen LogP contribution in [0.4, 0.5) is 10.8 Å². The van der Waals surface area contributed by atoms with Crippen molar-refractivity contribution >= 4 is 39.3 Å². The minimum Gasteiger partial charge on any atom is -0.402 e. The van der Waals surface area contributed by atoms with Crippen molar-refractivity contribution in [2.45, 2.75) is 20.3 Å². The van der Waals surface area contributed by atoms with Crippen molar-refractivity contribution in [1.82, 2.24) is 9.97 Å². The Labute approximate surface area is 151 Å². The zero-order valence-electron chi connectivity index (χ0n) is 13.8. The van der Waals surface area contributed by atoms with Crippen molar-refractivity contribution in [3.8, 4) is 0 Å². The molecule has 0 bridgehead atoms. The molecule has 0 fully saturated rings. The maximum Gasteiger partial charge on any atom is 0.187 e. The van der Waals surface area contributed by atoms with Crippen LogP contribution in [-0.2, 0) is 0 Å². The number of thiazole rings is 1. The minimum absolute atomic E-state index is 0.359. The van der Waals surface area contributed by atoms with Crippen LogP contribution >= 0.6 is 22.9 Å². The summed E-state index contributed by atoms with van der Waals surface area (Å²) in [6.45, 7) is 8.09. The second-order valence-electron chi connectivity index (χ2n) is 5.33. The number of halogens is 1. The molecule has 126 valence electrons. The van der Waals surface area contributed by atoms with Crippen LogP contribution in [-0.4, -0.2) is 9.97 Å². The van der Waals surface area contributed by atoms with Gasteiger partial charge in [-0.05, 0) is 30.5 Å². The fraction of sp³-hybridized carbons (Fsp3) is 0.222. The van der Waals surface area contributed by atoms with E-state index in [1.165, 1.54) is 11.3 Å². The summed E-state index contributed by atoms with van der Waals surface area (Å²) < 4.78 is 0. The van der Waals surface area contributed by atoms with Crippen molar-refractivity contribution in [3.63, 3.8) is 0 Å². The topological polar surface area (TPSA) is 63.8 Å². The quantitative estimate of drug-likeness (QED) is 0.513. The molecule has 1 atom stereocenters. The number of rotatable bonds is 7. The van der Waals surface area contributed by atoms with Crippen LogP contribution in [0.2, 0.25) is 5.15 Å². The highest BCUT2D eigenvalue weighted by Gasteiger charge is 2.06. The van der Waals surface area contributed by atoms with Crippen LogP contribution in [0, 0.1) is 5.92 Å². The summed E-state index contributed by atoms with van der Waals surface area (Å²) in [5, 5.41) is 6.43. The van der Waals surface area contributed by atoms with Gasteiger partial charge < -0.3 is 11.1 Å². The second-order valence-corrected chi connectivity index (χ2v) is 6.58. The third-order valence-corrected chi connectivity index (χ3v) is 4.62. The Morgan fingerprint density at radius 2 is 2.25 bits per heavy atom. The van der Waals surface area contributed by atoms with Gasteiger partial charge in [0.15, 0.2) is 5.13 Å². The number of nitrogens with two attached hydrogens (primary N) is 1. The second kappa shape index (κ2) is 8.66. The molecule has 1 unspecified atom stereocenters. The molecule has 2 aromatic heterocycles. The standard InChI is InChI=1S/C18H21ClN4S/c1-4-12(3)15(20)8-6-13(5-2)16-11-24-18(23-16)22-14-7-9-17(19)21-10-14/h5-12H,2,4,20H2,1,3H3,(H,22,23)/b13-6+,15-8+. The molecule has 6 heteroatoms. The first kappa shape index (κ1) is 18.2. The van der Waals surface area contributed by atoms with E-state index in [1.807, 2.05) is 23.6 Å². The molecule has 0 radical (unpaired) electrons. The van der Waals surface area contributed by atoms with Crippen molar-refractivity contribution in [1.29, 1.82) is 0 Å². The molecule has 0 aliphatic rings. The number of nitrogens with one attached hydrogen (secondary N) is 1. The predicted molar refractivity (Wildman–Crippen MR) is 105 cm³/mol. The van der Waals surface area contributed by atoms with Crippen LogP contribution in [0.5, 0.6) is 0 Å². The molecular formula is C18H21ClN4S. The van der Waals surface area contributed by atoms with Gasteiger partial charge in [0.1, 0.15) is 5.15 Å². The van der Waals surface area contributed by atoms with E-state index in [2.05, 4.69) is 35.7 Å². The molecule has 4 nitrogen and oxygen atoms in total.